The van der Waals surface area contributed by atoms with E-state index in [1.807, 2.05) is 30.3 Å². The molecule has 0 spiro atoms. The highest BCUT2D eigenvalue weighted by Gasteiger charge is 2.08. The topological polar surface area (TPSA) is 27.8 Å². The zero-order valence-electron chi connectivity index (χ0n) is 10.8. The Hall–Kier alpha value is -1.84. The molecule has 20 heavy (non-hydrogen) atoms. The molecule has 0 saturated heterocycles. The maximum atomic E-state index is 13.5. The molecule has 3 rings (SSSR count). The quantitative estimate of drug-likeness (QED) is 0.738. The van der Waals surface area contributed by atoms with Crippen molar-refractivity contribution in [1.29, 1.82) is 0 Å². The smallest absolute Gasteiger partial charge is 0.127 e. The highest BCUT2D eigenvalue weighted by atomic mass is 35.5. The Morgan fingerprint density at radius 3 is 2.55 bits per heavy atom. The predicted octanol–water partition coefficient (Wildman–Crippen LogP) is 4.25. The van der Waals surface area contributed by atoms with Gasteiger partial charge in [0.05, 0.1) is 5.02 Å². The number of nitrogens with one attached hydrogen (secondary N) is 2. The van der Waals surface area contributed by atoms with Crippen molar-refractivity contribution in [1.82, 2.24) is 10.3 Å². The minimum atomic E-state index is -0.192. The summed E-state index contributed by atoms with van der Waals surface area (Å²) < 4.78 is 13.5. The molecule has 1 heterocycles. The van der Waals surface area contributed by atoms with Crippen LogP contribution in [0.3, 0.4) is 0 Å². The number of benzene rings is 2. The maximum absolute atomic E-state index is 13.5. The highest BCUT2D eigenvalue weighted by molar-refractivity contribution is 6.36. The van der Waals surface area contributed by atoms with Crippen molar-refractivity contribution in [2.45, 2.75) is 13.1 Å². The van der Waals surface area contributed by atoms with Crippen LogP contribution in [0.25, 0.3) is 10.9 Å². The van der Waals surface area contributed by atoms with E-state index in [-0.39, 0.29) is 5.82 Å². The molecule has 0 saturated carbocycles. The number of H-pyrrole nitrogens is 1. The van der Waals surface area contributed by atoms with E-state index in [0.29, 0.717) is 18.7 Å². The van der Waals surface area contributed by atoms with Crippen molar-refractivity contribution in [3.8, 4) is 0 Å². The lowest BCUT2D eigenvalue weighted by Crippen LogP contribution is -2.14. The fraction of sp³-hybridized carbons (Fsp3) is 0.125. The van der Waals surface area contributed by atoms with Crippen LogP contribution in [0.15, 0.2) is 48.5 Å². The first-order valence-corrected chi connectivity index (χ1v) is 6.82. The van der Waals surface area contributed by atoms with Crippen LogP contribution in [-0.4, -0.2) is 4.98 Å². The average Bonchev–Trinajstić information content (AvgIpc) is 2.78. The summed E-state index contributed by atoms with van der Waals surface area (Å²) in [6, 6.07) is 14.6. The van der Waals surface area contributed by atoms with Gasteiger partial charge in [-0.25, -0.2) is 4.39 Å². The van der Waals surface area contributed by atoms with Gasteiger partial charge in [-0.3, -0.25) is 0 Å². The van der Waals surface area contributed by atoms with Crippen LogP contribution in [0.4, 0.5) is 4.39 Å². The van der Waals surface area contributed by atoms with Gasteiger partial charge in [-0.1, -0.05) is 48.0 Å². The molecule has 0 aliphatic rings. The number of aromatic nitrogens is 1. The van der Waals surface area contributed by atoms with Crippen molar-refractivity contribution >= 4 is 22.5 Å². The van der Waals surface area contributed by atoms with E-state index >= 15 is 0 Å². The van der Waals surface area contributed by atoms with Crippen molar-refractivity contribution in [2.24, 2.45) is 0 Å². The van der Waals surface area contributed by atoms with E-state index in [1.165, 1.54) is 6.07 Å². The molecule has 0 aliphatic carbocycles. The van der Waals surface area contributed by atoms with Crippen molar-refractivity contribution in [2.75, 3.05) is 0 Å². The van der Waals surface area contributed by atoms with E-state index in [4.69, 9.17) is 11.6 Å². The number of hydrogen-bond donors (Lipinski definition) is 2. The van der Waals surface area contributed by atoms with Gasteiger partial charge in [-0.05, 0) is 12.1 Å². The lowest BCUT2D eigenvalue weighted by Gasteiger charge is -2.05. The van der Waals surface area contributed by atoms with Crippen molar-refractivity contribution in [3.63, 3.8) is 0 Å². The van der Waals surface area contributed by atoms with Crippen LogP contribution in [0.1, 0.15) is 11.3 Å². The first-order valence-electron chi connectivity index (χ1n) is 6.45. The zero-order valence-corrected chi connectivity index (χ0v) is 11.5. The summed E-state index contributed by atoms with van der Waals surface area (Å²) in [6.45, 7) is 1.04. The summed E-state index contributed by atoms with van der Waals surface area (Å²) in [5.41, 5.74) is 2.59. The summed E-state index contributed by atoms with van der Waals surface area (Å²) in [6.07, 6.45) is 0. The third-order valence-corrected chi connectivity index (χ3v) is 3.72. The Labute approximate surface area is 121 Å². The monoisotopic (exact) mass is 288 g/mol. The van der Waals surface area contributed by atoms with Crippen molar-refractivity contribution < 1.29 is 4.39 Å². The molecule has 0 fully saturated rings. The van der Waals surface area contributed by atoms with Gasteiger partial charge in [0.1, 0.15) is 5.82 Å². The first kappa shape index (κ1) is 13.2. The molecule has 0 amide bonds. The van der Waals surface area contributed by atoms with Crippen LogP contribution in [0, 0.1) is 5.82 Å². The fourth-order valence-corrected chi connectivity index (χ4v) is 2.53. The highest BCUT2D eigenvalue weighted by Crippen LogP contribution is 2.26. The molecule has 4 heteroatoms. The normalized spacial score (nSPS) is 11.1. The van der Waals surface area contributed by atoms with Gasteiger partial charge in [-0.2, -0.15) is 0 Å². The molecular weight excluding hydrogens is 275 g/mol. The lowest BCUT2D eigenvalue weighted by molar-refractivity contribution is 0.586. The van der Waals surface area contributed by atoms with Crippen molar-refractivity contribution in [3.05, 3.63) is 70.6 Å². The third kappa shape index (κ3) is 2.55. The molecule has 0 aliphatic heterocycles. The fourth-order valence-electron chi connectivity index (χ4n) is 2.25. The standard InChI is InChI=1S/C16H14ClFN2/c17-16-12-6-2-4-8-14(12)20-15(16)10-19-9-11-5-1-3-7-13(11)18/h1-8,19-20H,9-10H2. The number of fused-ring (bicyclic) bond motifs is 1. The Morgan fingerprint density at radius 1 is 1.00 bits per heavy atom. The molecule has 1 aromatic heterocycles. The molecule has 2 aromatic carbocycles. The summed E-state index contributed by atoms with van der Waals surface area (Å²) in [4.78, 5) is 3.28. The van der Waals surface area contributed by atoms with Gasteiger partial charge >= 0.3 is 0 Å². The largest absolute Gasteiger partial charge is 0.356 e. The van der Waals surface area contributed by atoms with Gasteiger partial charge < -0.3 is 10.3 Å². The molecule has 102 valence electrons. The number of halogens is 2. The Morgan fingerprint density at radius 2 is 1.75 bits per heavy atom. The maximum Gasteiger partial charge on any atom is 0.127 e. The lowest BCUT2D eigenvalue weighted by atomic mass is 10.2. The number of rotatable bonds is 4. The average molecular weight is 289 g/mol. The van der Waals surface area contributed by atoms with E-state index in [2.05, 4.69) is 10.3 Å². The molecule has 0 unspecified atom stereocenters. The number of para-hydroxylation sites is 1. The van der Waals surface area contributed by atoms with Crippen LogP contribution < -0.4 is 5.32 Å². The minimum Gasteiger partial charge on any atom is -0.356 e. The SMILES string of the molecule is Fc1ccccc1CNCc1[nH]c2ccccc2c1Cl. The van der Waals surface area contributed by atoms with Gasteiger partial charge in [0, 0.05) is 35.2 Å². The molecule has 2 nitrogen and oxygen atoms in total. The molecular formula is C16H14ClFN2. The summed E-state index contributed by atoms with van der Waals surface area (Å²) in [5.74, 6) is -0.192. The summed E-state index contributed by atoms with van der Waals surface area (Å²) >= 11 is 6.32. The van der Waals surface area contributed by atoms with E-state index < -0.39 is 0 Å². The molecule has 3 aromatic rings. The van der Waals surface area contributed by atoms with Gasteiger partial charge in [0.25, 0.3) is 0 Å². The number of hydrogen-bond acceptors (Lipinski definition) is 1. The van der Waals surface area contributed by atoms with Gasteiger partial charge in [-0.15, -0.1) is 0 Å². The van der Waals surface area contributed by atoms with Gasteiger partial charge in [0.15, 0.2) is 0 Å². The second-order valence-electron chi connectivity index (χ2n) is 4.66. The van der Waals surface area contributed by atoms with E-state index in [0.717, 1.165) is 21.6 Å². The zero-order chi connectivity index (χ0) is 13.9. The van der Waals surface area contributed by atoms with Crippen LogP contribution in [0.5, 0.6) is 0 Å². The third-order valence-electron chi connectivity index (χ3n) is 3.29. The van der Waals surface area contributed by atoms with Gasteiger partial charge in [0.2, 0.25) is 0 Å². The Bertz CT molecular complexity index is 736. The second-order valence-corrected chi connectivity index (χ2v) is 5.04. The molecule has 2 N–H and O–H groups in total. The Balaban J connectivity index is 1.71. The predicted molar refractivity (Wildman–Crippen MR) is 80.3 cm³/mol. The first-order chi connectivity index (χ1) is 9.75. The second kappa shape index (κ2) is 5.65. The molecule has 0 radical (unpaired) electrons. The van der Waals surface area contributed by atoms with Crippen LogP contribution in [0.2, 0.25) is 5.02 Å². The minimum absolute atomic E-state index is 0.192. The van der Waals surface area contributed by atoms with Crippen LogP contribution in [-0.2, 0) is 13.1 Å². The Kier molecular flexibility index (Phi) is 3.72. The van der Waals surface area contributed by atoms with Crippen LogP contribution >= 0.6 is 11.6 Å². The molecule has 0 atom stereocenters. The molecule has 0 bridgehead atoms. The van der Waals surface area contributed by atoms with E-state index in [9.17, 15) is 4.39 Å². The van der Waals surface area contributed by atoms with E-state index in [1.54, 1.807) is 12.1 Å². The summed E-state index contributed by atoms with van der Waals surface area (Å²) in [5, 5.41) is 4.94. The summed E-state index contributed by atoms with van der Waals surface area (Å²) in [7, 11) is 0. The number of aromatic amines is 1.